The number of H-pyrrole nitrogens is 1. The molecule has 2 aromatic rings. The van der Waals surface area contributed by atoms with Crippen LogP contribution in [-0.4, -0.2) is 25.0 Å². The van der Waals surface area contributed by atoms with Gasteiger partial charge in [0.2, 0.25) is 5.91 Å². The zero-order valence-corrected chi connectivity index (χ0v) is 10.7. The minimum atomic E-state index is 0.0940. The Morgan fingerprint density at radius 2 is 2.28 bits per heavy atom. The van der Waals surface area contributed by atoms with E-state index in [1.165, 1.54) is 10.9 Å². The smallest absolute Gasteiger partial charge is 0.219 e. The second-order valence-electron chi connectivity index (χ2n) is 4.25. The van der Waals surface area contributed by atoms with Gasteiger partial charge in [-0.3, -0.25) is 4.79 Å². The zero-order chi connectivity index (χ0) is 13.0. The van der Waals surface area contributed by atoms with Crippen molar-refractivity contribution in [2.45, 2.75) is 19.3 Å². The molecule has 0 bridgehead atoms. The third-order valence-electron chi connectivity index (χ3n) is 3.10. The minimum absolute atomic E-state index is 0.0940. The number of nitrogens with one attached hydrogen (secondary N) is 2. The molecule has 1 amide bonds. The monoisotopic (exact) mass is 246 g/mol. The summed E-state index contributed by atoms with van der Waals surface area (Å²) in [5, 5.41) is 3.84. The quantitative estimate of drug-likeness (QED) is 0.850. The van der Waals surface area contributed by atoms with Crippen molar-refractivity contribution in [1.29, 1.82) is 0 Å². The van der Waals surface area contributed by atoms with Gasteiger partial charge in [0.05, 0.1) is 7.11 Å². The Balaban J connectivity index is 2.07. The van der Waals surface area contributed by atoms with E-state index in [1.807, 2.05) is 18.3 Å². The summed E-state index contributed by atoms with van der Waals surface area (Å²) in [5.41, 5.74) is 2.32. The number of aromatic nitrogens is 1. The molecule has 0 atom stereocenters. The highest BCUT2D eigenvalue weighted by Crippen LogP contribution is 2.24. The van der Waals surface area contributed by atoms with Crippen molar-refractivity contribution in [2.24, 2.45) is 0 Å². The Morgan fingerprint density at radius 3 is 3.00 bits per heavy atom. The molecule has 2 rings (SSSR count). The van der Waals surface area contributed by atoms with Gasteiger partial charge in [-0.05, 0) is 30.5 Å². The lowest BCUT2D eigenvalue weighted by atomic mass is 10.1. The number of amides is 1. The maximum atomic E-state index is 11.2. The van der Waals surface area contributed by atoms with E-state index in [0.29, 0.717) is 6.42 Å². The maximum absolute atomic E-state index is 11.2. The molecular formula is C14H18N2O2. The van der Waals surface area contributed by atoms with Crippen LogP contribution in [0.4, 0.5) is 0 Å². The largest absolute Gasteiger partial charge is 0.497 e. The summed E-state index contributed by atoms with van der Waals surface area (Å²) in [4.78, 5) is 14.4. The fourth-order valence-electron chi connectivity index (χ4n) is 2.06. The Morgan fingerprint density at radius 1 is 1.44 bits per heavy atom. The standard InChI is InChI=1S/C14H18N2O2/c1-15-14(17)5-3-4-10-9-16-13-8-11(18-2)6-7-12(10)13/h6-9,16H,3-5H2,1-2H3,(H,15,17). The number of carbonyl (C=O) groups is 1. The minimum Gasteiger partial charge on any atom is -0.497 e. The molecule has 0 unspecified atom stereocenters. The predicted molar refractivity (Wildman–Crippen MR) is 71.9 cm³/mol. The van der Waals surface area contributed by atoms with Crippen molar-refractivity contribution in [2.75, 3.05) is 14.2 Å². The van der Waals surface area contributed by atoms with Crippen molar-refractivity contribution in [3.63, 3.8) is 0 Å². The molecule has 4 heteroatoms. The summed E-state index contributed by atoms with van der Waals surface area (Å²) in [5.74, 6) is 0.942. The molecule has 18 heavy (non-hydrogen) atoms. The fourth-order valence-corrected chi connectivity index (χ4v) is 2.06. The van der Waals surface area contributed by atoms with Crippen LogP contribution in [-0.2, 0) is 11.2 Å². The maximum Gasteiger partial charge on any atom is 0.219 e. The Labute approximate surface area is 106 Å². The lowest BCUT2D eigenvalue weighted by molar-refractivity contribution is -0.120. The Bertz CT molecular complexity index is 546. The number of benzene rings is 1. The van der Waals surface area contributed by atoms with Gasteiger partial charge in [0.25, 0.3) is 0 Å². The molecule has 0 fully saturated rings. The van der Waals surface area contributed by atoms with E-state index in [1.54, 1.807) is 14.2 Å². The van der Waals surface area contributed by atoms with Crippen LogP contribution in [0.1, 0.15) is 18.4 Å². The number of fused-ring (bicyclic) bond motifs is 1. The highest BCUT2D eigenvalue weighted by molar-refractivity contribution is 5.84. The lowest BCUT2D eigenvalue weighted by Gasteiger charge is -2.01. The van der Waals surface area contributed by atoms with Gasteiger partial charge in [-0.15, -0.1) is 0 Å². The van der Waals surface area contributed by atoms with Crippen LogP contribution < -0.4 is 10.1 Å². The zero-order valence-electron chi connectivity index (χ0n) is 10.7. The van der Waals surface area contributed by atoms with Crippen LogP contribution in [0.2, 0.25) is 0 Å². The first-order valence-electron chi connectivity index (χ1n) is 6.09. The van der Waals surface area contributed by atoms with Gasteiger partial charge < -0.3 is 15.0 Å². The number of aromatic amines is 1. The summed E-state index contributed by atoms with van der Waals surface area (Å²) in [6.45, 7) is 0. The summed E-state index contributed by atoms with van der Waals surface area (Å²) in [6, 6.07) is 6.00. The average Bonchev–Trinajstić information content (AvgIpc) is 2.81. The normalized spacial score (nSPS) is 10.6. The van der Waals surface area contributed by atoms with Gasteiger partial charge in [-0.2, -0.15) is 0 Å². The van der Waals surface area contributed by atoms with Crippen molar-refractivity contribution in [3.05, 3.63) is 30.0 Å². The molecule has 0 aliphatic carbocycles. The summed E-state index contributed by atoms with van der Waals surface area (Å²) in [6.07, 6.45) is 4.34. The molecule has 1 heterocycles. The SMILES string of the molecule is CNC(=O)CCCc1c[nH]c2cc(OC)ccc12. The first-order chi connectivity index (χ1) is 8.74. The Kier molecular flexibility index (Phi) is 3.87. The summed E-state index contributed by atoms with van der Waals surface area (Å²) in [7, 11) is 3.33. The van der Waals surface area contributed by atoms with Gasteiger partial charge in [-0.1, -0.05) is 0 Å². The molecular weight excluding hydrogens is 228 g/mol. The van der Waals surface area contributed by atoms with Gasteiger partial charge >= 0.3 is 0 Å². The first-order valence-corrected chi connectivity index (χ1v) is 6.09. The molecule has 1 aromatic carbocycles. The van der Waals surface area contributed by atoms with Crippen LogP contribution in [0.25, 0.3) is 10.9 Å². The number of hydrogen-bond donors (Lipinski definition) is 2. The number of ether oxygens (including phenoxy) is 1. The highest BCUT2D eigenvalue weighted by atomic mass is 16.5. The van der Waals surface area contributed by atoms with Gasteiger partial charge in [-0.25, -0.2) is 0 Å². The molecule has 0 spiro atoms. The number of hydrogen-bond acceptors (Lipinski definition) is 2. The number of aryl methyl sites for hydroxylation is 1. The molecule has 0 aliphatic heterocycles. The highest BCUT2D eigenvalue weighted by Gasteiger charge is 2.05. The molecule has 1 aromatic heterocycles. The van der Waals surface area contributed by atoms with Crippen molar-refractivity contribution in [1.82, 2.24) is 10.3 Å². The molecule has 0 saturated heterocycles. The van der Waals surface area contributed by atoms with E-state index in [4.69, 9.17) is 4.74 Å². The van der Waals surface area contributed by atoms with Crippen molar-refractivity contribution < 1.29 is 9.53 Å². The lowest BCUT2D eigenvalue weighted by Crippen LogP contribution is -2.17. The topological polar surface area (TPSA) is 54.1 Å². The van der Waals surface area contributed by atoms with E-state index in [2.05, 4.69) is 16.4 Å². The van der Waals surface area contributed by atoms with E-state index < -0.39 is 0 Å². The fraction of sp³-hybridized carbons (Fsp3) is 0.357. The van der Waals surface area contributed by atoms with Crippen LogP contribution in [0.3, 0.4) is 0 Å². The molecule has 4 nitrogen and oxygen atoms in total. The van der Waals surface area contributed by atoms with Crippen molar-refractivity contribution in [3.8, 4) is 5.75 Å². The van der Waals surface area contributed by atoms with Crippen LogP contribution in [0.5, 0.6) is 5.75 Å². The average molecular weight is 246 g/mol. The third-order valence-corrected chi connectivity index (χ3v) is 3.10. The van der Waals surface area contributed by atoms with Gasteiger partial charge in [0.1, 0.15) is 5.75 Å². The summed E-state index contributed by atoms with van der Waals surface area (Å²) >= 11 is 0. The van der Waals surface area contributed by atoms with Gasteiger partial charge in [0.15, 0.2) is 0 Å². The molecule has 0 aliphatic rings. The first kappa shape index (κ1) is 12.5. The number of carbonyl (C=O) groups excluding carboxylic acids is 1. The van der Waals surface area contributed by atoms with Gasteiger partial charge in [0, 0.05) is 36.6 Å². The number of methoxy groups -OCH3 is 1. The molecule has 0 saturated carbocycles. The van der Waals surface area contributed by atoms with E-state index in [9.17, 15) is 4.79 Å². The molecule has 2 N–H and O–H groups in total. The summed E-state index contributed by atoms with van der Waals surface area (Å²) < 4.78 is 5.19. The second-order valence-corrected chi connectivity index (χ2v) is 4.25. The van der Waals surface area contributed by atoms with E-state index >= 15 is 0 Å². The van der Waals surface area contributed by atoms with Crippen LogP contribution in [0, 0.1) is 0 Å². The predicted octanol–water partition coefficient (Wildman–Crippen LogP) is 2.25. The second kappa shape index (κ2) is 5.58. The van der Waals surface area contributed by atoms with E-state index in [0.717, 1.165) is 24.1 Å². The van der Waals surface area contributed by atoms with Crippen molar-refractivity contribution >= 4 is 16.8 Å². The van der Waals surface area contributed by atoms with Crippen LogP contribution >= 0.6 is 0 Å². The molecule has 0 radical (unpaired) electrons. The molecule has 96 valence electrons. The van der Waals surface area contributed by atoms with Crippen LogP contribution in [0.15, 0.2) is 24.4 Å². The third kappa shape index (κ3) is 2.64. The Hall–Kier alpha value is -1.97. The number of rotatable bonds is 5. The van der Waals surface area contributed by atoms with E-state index in [-0.39, 0.29) is 5.91 Å².